The van der Waals surface area contributed by atoms with Gasteiger partial charge in [-0.25, -0.2) is 0 Å². The van der Waals surface area contributed by atoms with Crippen LogP contribution < -0.4 is 0 Å². The number of rotatable bonds is 1. The van der Waals surface area contributed by atoms with Crippen LogP contribution in [0.2, 0.25) is 0 Å². The molecule has 0 unspecified atom stereocenters. The van der Waals surface area contributed by atoms with E-state index in [0.29, 0.717) is 18.6 Å². The van der Waals surface area contributed by atoms with Crippen molar-refractivity contribution >= 4 is 11.8 Å². The van der Waals surface area contributed by atoms with Crippen molar-refractivity contribution in [1.82, 2.24) is 4.90 Å². The maximum absolute atomic E-state index is 11.7. The van der Waals surface area contributed by atoms with Crippen LogP contribution in [0.3, 0.4) is 0 Å². The zero-order valence-electron chi connectivity index (χ0n) is 9.23. The SMILES string of the molecule is CC(=O)O[C@@H]1C[C@@H]2C(=O)CCN(C)[C@@H]2C1. The molecule has 0 amide bonds. The van der Waals surface area contributed by atoms with Crippen LogP contribution in [0.5, 0.6) is 0 Å². The Morgan fingerprint density at radius 1 is 1.47 bits per heavy atom. The molecule has 1 heterocycles. The van der Waals surface area contributed by atoms with Gasteiger partial charge in [0.25, 0.3) is 0 Å². The maximum atomic E-state index is 11.7. The van der Waals surface area contributed by atoms with E-state index in [2.05, 4.69) is 4.90 Å². The number of hydrogen-bond donors (Lipinski definition) is 0. The smallest absolute Gasteiger partial charge is 0.302 e. The molecule has 0 aromatic carbocycles. The molecule has 0 aromatic heterocycles. The summed E-state index contributed by atoms with van der Waals surface area (Å²) in [5, 5.41) is 0. The summed E-state index contributed by atoms with van der Waals surface area (Å²) in [4.78, 5) is 24.8. The summed E-state index contributed by atoms with van der Waals surface area (Å²) in [5.41, 5.74) is 0. The van der Waals surface area contributed by atoms with Crippen molar-refractivity contribution in [2.45, 2.75) is 38.3 Å². The third-order valence-corrected chi connectivity index (χ3v) is 3.51. The average molecular weight is 211 g/mol. The molecule has 1 saturated heterocycles. The first-order valence-corrected chi connectivity index (χ1v) is 5.48. The second-order valence-corrected chi connectivity index (χ2v) is 4.57. The van der Waals surface area contributed by atoms with Gasteiger partial charge in [0.15, 0.2) is 0 Å². The van der Waals surface area contributed by atoms with Crippen LogP contribution in [0, 0.1) is 5.92 Å². The van der Waals surface area contributed by atoms with Crippen LogP contribution >= 0.6 is 0 Å². The van der Waals surface area contributed by atoms with Crippen molar-refractivity contribution in [2.75, 3.05) is 13.6 Å². The molecule has 0 spiro atoms. The summed E-state index contributed by atoms with van der Waals surface area (Å²) >= 11 is 0. The highest BCUT2D eigenvalue weighted by atomic mass is 16.5. The lowest BCUT2D eigenvalue weighted by Crippen LogP contribution is -2.44. The van der Waals surface area contributed by atoms with E-state index in [1.165, 1.54) is 6.92 Å². The first-order chi connectivity index (χ1) is 7.08. The molecule has 2 aliphatic rings. The lowest BCUT2D eigenvalue weighted by atomic mass is 9.91. The molecule has 4 nitrogen and oxygen atoms in total. The molecule has 1 aliphatic heterocycles. The van der Waals surface area contributed by atoms with E-state index >= 15 is 0 Å². The molecule has 0 aromatic rings. The summed E-state index contributed by atoms with van der Waals surface area (Å²) in [7, 11) is 2.04. The Morgan fingerprint density at radius 2 is 2.20 bits per heavy atom. The number of carbonyl (C=O) groups excluding carboxylic acids is 2. The Balaban J connectivity index is 2.03. The number of carbonyl (C=O) groups is 2. The molecule has 84 valence electrons. The van der Waals surface area contributed by atoms with Crippen molar-refractivity contribution in [3.8, 4) is 0 Å². The second kappa shape index (κ2) is 3.93. The fraction of sp³-hybridized carbons (Fsp3) is 0.818. The number of fused-ring (bicyclic) bond motifs is 1. The van der Waals surface area contributed by atoms with Crippen LogP contribution in [0.1, 0.15) is 26.2 Å². The molecule has 2 fully saturated rings. The van der Waals surface area contributed by atoms with E-state index in [9.17, 15) is 9.59 Å². The van der Waals surface area contributed by atoms with E-state index in [1.54, 1.807) is 0 Å². The molecule has 4 heteroatoms. The van der Waals surface area contributed by atoms with Gasteiger partial charge in [-0.15, -0.1) is 0 Å². The summed E-state index contributed by atoms with van der Waals surface area (Å²) in [6.45, 7) is 2.26. The quantitative estimate of drug-likeness (QED) is 0.596. The number of hydrogen-bond acceptors (Lipinski definition) is 4. The van der Waals surface area contributed by atoms with Crippen LogP contribution in [0.25, 0.3) is 0 Å². The van der Waals surface area contributed by atoms with Gasteiger partial charge >= 0.3 is 5.97 Å². The zero-order chi connectivity index (χ0) is 11.0. The van der Waals surface area contributed by atoms with Crippen molar-refractivity contribution < 1.29 is 14.3 Å². The second-order valence-electron chi connectivity index (χ2n) is 4.57. The van der Waals surface area contributed by atoms with Gasteiger partial charge in [-0.1, -0.05) is 0 Å². The predicted molar refractivity (Wildman–Crippen MR) is 54.3 cm³/mol. The third-order valence-electron chi connectivity index (χ3n) is 3.51. The maximum Gasteiger partial charge on any atom is 0.302 e. The molecule has 3 atom stereocenters. The van der Waals surface area contributed by atoms with E-state index in [0.717, 1.165) is 13.0 Å². The summed E-state index contributed by atoms with van der Waals surface area (Å²) in [6, 6.07) is 0.288. The van der Waals surface area contributed by atoms with Gasteiger partial charge in [0.05, 0.1) is 0 Å². The van der Waals surface area contributed by atoms with Gasteiger partial charge in [-0.2, -0.15) is 0 Å². The lowest BCUT2D eigenvalue weighted by Gasteiger charge is -2.33. The normalized spacial score (nSPS) is 36.4. The minimum atomic E-state index is -0.242. The Kier molecular flexibility index (Phi) is 2.78. The number of ketones is 1. The monoisotopic (exact) mass is 211 g/mol. The minimum Gasteiger partial charge on any atom is -0.462 e. The first kappa shape index (κ1) is 10.6. The first-order valence-electron chi connectivity index (χ1n) is 5.48. The van der Waals surface area contributed by atoms with Gasteiger partial charge in [0.1, 0.15) is 11.9 Å². The largest absolute Gasteiger partial charge is 0.462 e. The number of ether oxygens (including phenoxy) is 1. The predicted octanol–water partition coefficient (Wildman–Crippen LogP) is 0.601. The highest BCUT2D eigenvalue weighted by Crippen LogP contribution is 2.35. The Morgan fingerprint density at radius 3 is 2.80 bits per heavy atom. The van der Waals surface area contributed by atoms with Crippen molar-refractivity contribution in [1.29, 1.82) is 0 Å². The third kappa shape index (κ3) is 2.04. The molecular weight excluding hydrogens is 194 g/mol. The fourth-order valence-corrected chi connectivity index (χ4v) is 2.77. The Hall–Kier alpha value is -0.900. The van der Waals surface area contributed by atoms with Crippen LogP contribution in [0.4, 0.5) is 0 Å². The lowest BCUT2D eigenvalue weighted by molar-refractivity contribution is -0.146. The molecule has 15 heavy (non-hydrogen) atoms. The van der Waals surface area contributed by atoms with Gasteiger partial charge < -0.3 is 9.64 Å². The van der Waals surface area contributed by atoms with Gasteiger partial charge in [-0.3, -0.25) is 9.59 Å². The van der Waals surface area contributed by atoms with Crippen LogP contribution in [0.15, 0.2) is 0 Å². The van der Waals surface area contributed by atoms with Crippen LogP contribution in [-0.4, -0.2) is 42.4 Å². The molecule has 1 aliphatic carbocycles. The number of nitrogens with zero attached hydrogens (tertiary/aromatic N) is 1. The van der Waals surface area contributed by atoms with E-state index < -0.39 is 0 Å². The minimum absolute atomic E-state index is 0.0537. The number of likely N-dealkylation sites (tertiary alicyclic amines) is 1. The Bertz CT molecular complexity index is 290. The molecule has 0 radical (unpaired) electrons. The summed E-state index contributed by atoms with van der Waals surface area (Å²) < 4.78 is 5.18. The Labute approximate surface area is 89.6 Å². The van der Waals surface area contributed by atoms with E-state index in [1.807, 2.05) is 7.05 Å². The molecule has 2 rings (SSSR count). The van der Waals surface area contributed by atoms with Crippen molar-refractivity contribution in [3.05, 3.63) is 0 Å². The zero-order valence-corrected chi connectivity index (χ0v) is 9.23. The molecular formula is C11H17NO3. The van der Waals surface area contributed by atoms with Gasteiger partial charge in [0, 0.05) is 38.3 Å². The highest BCUT2D eigenvalue weighted by molar-refractivity contribution is 5.83. The van der Waals surface area contributed by atoms with Gasteiger partial charge in [0.2, 0.25) is 0 Å². The van der Waals surface area contributed by atoms with E-state index in [4.69, 9.17) is 4.74 Å². The van der Waals surface area contributed by atoms with E-state index in [-0.39, 0.29) is 24.0 Å². The molecule has 0 bridgehead atoms. The summed E-state index contributed by atoms with van der Waals surface area (Å²) in [6.07, 6.45) is 2.12. The molecule has 0 N–H and O–H groups in total. The van der Waals surface area contributed by atoms with Crippen molar-refractivity contribution in [3.63, 3.8) is 0 Å². The fourth-order valence-electron chi connectivity index (χ4n) is 2.77. The standard InChI is InChI=1S/C11H17NO3/c1-7(13)15-8-5-9-10(6-8)12(2)4-3-11(9)14/h8-10H,3-6H2,1-2H3/t8-,9+,10-/m1/s1. The highest BCUT2D eigenvalue weighted by Gasteiger charge is 2.44. The topological polar surface area (TPSA) is 46.6 Å². The number of esters is 1. The van der Waals surface area contributed by atoms with Gasteiger partial charge in [-0.05, 0) is 13.5 Å². The van der Waals surface area contributed by atoms with Crippen LogP contribution in [-0.2, 0) is 14.3 Å². The number of piperidine rings is 1. The summed E-state index contributed by atoms with van der Waals surface area (Å²) in [5.74, 6) is 0.189. The number of Topliss-reactive ketones (excluding diaryl/α,β-unsaturated/α-hetero) is 1. The molecule has 1 saturated carbocycles. The average Bonchev–Trinajstić information content (AvgIpc) is 2.55. The van der Waals surface area contributed by atoms with Crippen molar-refractivity contribution in [2.24, 2.45) is 5.92 Å².